The molecule has 7 heteroatoms. The van der Waals surface area contributed by atoms with Crippen LogP contribution in [0.4, 0.5) is 0 Å². The topological polar surface area (TPSA) is 57.0 Å². The number of thioether (sulfide) groups is 1. The molecular weight excluding hydrogens is 318 g/mol. The van der Waals surface area contributed by atoms with E-state index in [1.165, 1.54) is 12.8 Å². The van der Waals surface area contributed by atoms with E-state index in [9.17, 15) is 4.79 Å². The van der Waals surface area contributed by atoms with E-state index in [1.54, 1.807) is 23.1 Å². The van der Waals surface area contributed by atoms with E-state index in [4.69, 9.17) is 4.74 Å². The number of carbonyl (C=O) groups is 1. The summed E-state index contributed by atoms with van der Waals surface area (Å²) < 4.78 is 7.20. The summed E-state index contributed by atoms with van der Waals surface area (Å²) in [6, 6.07) is 4.67. The Balaban J connectivity index is 1.61. The number of ether oxygens (including phenoxy) is 1. The van der Waals surface area contributed by atoms with E-state index in [1.807, 2.05) is 13.0 Å². The smallest absolute Gasteiger partial charge is 0.305 e. The highest BCUT2D eigenvalue weighted by Crippen LogP contribution is 2.41. The Labute approximate surface area is 138 Å². The first kappa shape index (κ1) is 15.6. The number of esters is 1. The molecule has 0 amide bonds. The monoisotopic (exact) mass is 337 g/mol. The molecule has 0 N–H and O–H groups in total. The van der Waals surface area contributed by atoms with Crippen LogP contribution >= 0.6 is 23.1 Å². The van der Waals surface area contributed by atoms with E-state index in [2.05, 4.69) is 26.2 Å². The summed E-state index contributed by atoms with van der Waals surface area (Å²) in [7, 11) is 0. The maximum atomic E-state index is 11.3. The van der Waals surface area contributed by atoms with Gasteiger partial charge in [-0.3, -0.25) is 9.36 Å². The van der Waals surface area contributed by atoms with Crippen molar-refractivity contribution in [3.8, 4) is 10.7 Å². The van der Waals surface area contributed by atoms with Crippen molar-refractivity contribution in [3.63, 3.8) is 0 Å². The number of thiophene rings is 1. The van der Waals surface area contributed by atoms with Crippen molar-refractivity contribution in [2.75, 3.05) is 12.4 Å². The standard InChI is InChI=1S/C15H19N3O2S2/c1-2-20-13(19)6-4-10-22-15-17-16-14(12-5-3-9-21-12)18(15)11-7-8-11/h3,5,9,11H,2,4,6-8,10H2,1H3. The van der Waals surface area contributed by atoms with E-state index in [0.717, 1.165) is 28.0 Å². The van der Waals surface area contributed by atoms with Crippen LogP contribution in [0.3, 0.4) is 0 Å². The van der Waals surface area contributed by atoms with Crippen LogP contribution in [0.5, 0.6) is 0 Å². The summed E-state index contributed by atoms with van der Waals surface area (Å²) in [6.07, 6.45) is 3.67. The number of aromatic nitrogens is 3. The molecule has 0 spiro atoms. The van der Waals surface area contributed by atoms with Crippen molar-refractivity contribution in [2.45, 2.75) is 43.8 Å². The van der Waals surface area contributed by atoms with Gasteiger partial charge in [0.1, 0.15) is 0 Å². The molecule has 118 valence electrons. The number of rotatable bonds is 8. The first-order valence-corrected chi connectivity index (χ1v) is 9.43. The molecule has 2 aromatic rings. The minimum absolute atomic E-state index is 0.119. The molecule has 22 heavy (non-hydrogen) atoms. The summed E-state index contributed by atoms with van der Waals surface area (Å²) in [4.78, 5) is 12.5. The summed E-state index contributed by atoms with van der Waals surface area (Å²) in [5.74, 6) is 1.71. The van der Waals surface area contributed by atoms with Gasteiger partial charge >= 0.3 is 5.97 Å². The zero-order valence-corrected chi connectivity index (χ0v) is 14.2. The van der Waals surface area contributed by atoms with Crippen LogP contribution in [-0.4, -0.2) is 33.1 Å². The molecular formula is C15H19N3O2S2. The third-order valence-electron chi connectivity index (χ3n) is 3.38. The molecule has 0 atom stereocenters. The Kier molecular flexibility index (Phi) is 5.15. The highest BCUT2D eigenvalue weighted by molar-refractivity contribution is 7.99. The summed E-state index contributed by atoms with van der Waals surface area (Å²) >= 11 is 3.37. The van der Waals surface area contributed by atoms with E-state index < -0.39 is 0 Å². The molecule has 0 aliphatic heterocycles. The number of hydrogen-bond donors (Lipinski definition) is 0. The lowest BCUT2D eigenvalue weighted by atomic mass is 10.3. The molecule has 1 fully saturated rings. The van der Waals surface area contributed by atoms with Gasteiger partial charge < -0.3 is 4.74 Å². The minimum atomic E-state index is -0.119. The van der Waals surface area contributed by atoms with Gasteiger partial charge in [-0.2, -0.15) is 0 Å². The quantitative estimate of drug-likeness (QED) is 0.417. The fourth-order valence-electron chi connectivity index (χ4n) is 2.22. The third kappa shape index (κ3) is 3.70. The second-order valence-corrected chi connectivity index (χ2v) is 7.15. The molecule has 5 nitrogen and oxygen atoms in total. The summed E-state index contributed by atoms with van der Waals surface area (Å²) in [5.41, 5.74) is 0. The summed E-state index contributed by atoms with van der Waals surface area (Å²) in [6.45, 7) is 2.28. The molecule has 0 unspecified atom stereocenters. The minimum Gasteiger partial charge on any atom is -0.466 e. The van der Waals surface area contributed by atoms with Crippen molar-refractivity contribution < 1.29 is 9.53 Å². The molecule has 2 heterocycles. The number of nitrogens with zero attached hydrogens (tertiary/aromatic N) is 3. The van der Waals surface area contributed by atoms with Crippen molar-refractivity contribution in [3.05, 3.63) is 17.5 Å². The molecule has 1 saturated carbocycles. The highest BCUT2D eigenvalue weighted by atomic mass is 32.2. The average Bonchev–Trinajstić information content (AvgIpc) is 3.03. The van der Waals surface area contributed by atoms with Gasteiger partial charge in [0, 0.05) is 18.2 Å². The predicted molar refractivity (Wildman–Crippen MR) is 88.2 cm³/mol. The van der Waals surface area contributed by atoms with Gasteiger partial charge in [0.2, 0.25) is 0 Å². The van der Waals surface area contributed by atoms with Crippen LogP contribution in [0.2, 0.25) is 0 Å². The Morgan fingerprint density at radius 1 is 1.50 bits per heavy atom. The van der Waals surface area contributed by atoms with Gasteiger partial charge in [-0.15, -0.1) is 21.5 Å². The van der Waals surface area contributed by atoms with Crippen molar-refractivity contribution in [1.82, 2.24) is 14.8 Å². The van der Waals surface area contributed by atoms with Gasteiger partial charge in [-0.1, -0.05) is 17.8 Å². The molecule has 3 rings (SSSR count). The molecule has 0 radical (unpaired) electrons. The lowest BCUT2D eigenvalue weighted by Crippen LogP contribution is -2.04. The van der Waals surface area contributed by atoms with Gasteiger partial charge in [0.25, 0.3) is 0 Å². The second kappa shape index (κ2) is 7.28. The van der Waals surface area contributed by atoms with Crippen LogP contribution in [0.25, 0.3) is 10.7 Å². The molecule has 1 aliphatic carbocycles. The van der Waals surface area contributed by atoms with Crippen molar-refractivity contribution >= 4 is 29.1 Å². The largest absolute Gasteiger partial charge is 0.466 e. The van der Waals surface area contributed by atoms with Crippen LogP contribution in [0.15, 0.2) is 22.7 Å². The molecule has 0 bridgehead atoms. The second-order valence-electron chi connectivity index (χ2n) is 5.14. The lowest BCUT2D eigenvalue weighted by molar-refractivity contribution is -0.143. The maximum Gasteiger partial charge on any atom is 0.305 e. The number of carbonyl (C=O) groups excluding carboxylic acids is 1. The molecule has 0 aromatic carbocycles. The predicted octanol–water partition coefficient (Wildman–Crippen LogP) is 3.78. The fourth-order valence-corrected chi connectivity index (χ4v) is 3.87. The zero-order chi connectivity index (χ0) is 15.4. The fraction of sp³-hybridized carbons (Fsp3) is 0.533. The van der Waals surface area contributed by atoms with E-state index >= 15 is 0 Å². The Morgan fingerprint density at radius 2 is 2.36 bits per heavy atom. The molecule has 2 aromatic heterocycles. The Hall–Kier alpha value is -1.34. The molecule has 1 aliphatic rings. The van der Waals surface area contributed by atoms with Gasteiger partial charge in [0.05, 0.1) is 11.5 Å². The normalized spacial score (nSPS) is 14.2. The van der Waals surface area contributed by atoms with Gasteiger partial charge in [-0.05, 0) is 37.6 Å². The van der Waals surface area contributed by atoms with Gasteiger partial charge in [-0.25, -0.2) is 0 Å². The van der Waals surface area contributed by atoms with E-state index in [0.29, 0.717) is 19.1 Å². The van der Waals surface area contributed by atoms with Crippen molar-refractivity contribution in [2.24, 2.45) is 0 Å². The maximum absolute atomic E-state index is 11.3. The van der Waals surface area contributed by atoms with Crippen LogP contribution in [0.1, 0.15) is 38.6 Å². The lowest BCUT2D eigenvalue weighted by Gasteiger charge is -2.07. The zero-order valence-electron chi connectivity index (χ0n) is 12.5. The Bertz CT molecular complexity index is 621. The summed E-state index contributed by atoms with van der Waals surface area (Å²) in [5, 5.41) is 11.8. The Morgan fingerprint density at radius 3 is 3.05 bits per heavy atom. The SMILES string of the molecule is CCOC(=O)CCCSc1nnc(-c2cccs2)n1C1CC1. The first-order valence-electron chi connectivity index (χ1n) is 7.56. The van der Waals surface area contributed by atoms with Crippen LogP contribution < -0.4 is 0 Å². The van der Waals surface area contributed by atoms with Gasteiger partial charge in [0.15, 0.2) is 11.0 Å². The molecule has 0 saturated heterocycles. The third-order valence-corrected chi connectivity index (χ3v) is 5.27. The average molecular weight is 337 g/mol. The highest BCUT2D eigenvalue weighted by Gasteiger charge is 2.30. The van der Waals surface area contributed by atoms with Crippen LogP contribution in [0, 0.1) is 0 Å². The first-order chi connectivity index (χ1) is 10.8. The van der Waals surface area contributed by atoms with E-state index in [-0.39, 0.29) is 5.97 Å². The van der Waals surface area contributed by atoms with Crippen molar-refractivity contribution in [1.29, 1.82) is 0 Å². The van der Waals surface area contributed by atoms with Crippen LogP contribution in [-0.2, 0) is 9.53 Å². The number of hydrogen-bond acceptors (Lipinski definition) is 6.